The van der Waals surface area contributed by atoms with Crippen LogP contribution in [0.25, 0.3) is 0 Å². The Morgan fingerprint density at radius 2 is 2.39 bits per heavy atom. The molecule has 18 heavy (non-hydrogen) atoms. The second-order valence-corrected chi connectivity index (χ2v) is 5.10. The molecule has 1 aliphatic carbocycles. The lowest BCUT2D eigenvalue weighted by Crippen LogP contribution is -2.23. The molecule has 0 radical (unpaired) electrons. The van der Waals surface area contributed by atoms with E-state index in [2.05, 4.69) is 29.8 Å². The molecule has 1 aliphatic rings. The number of rotatable bonds is 9. The van der Waals surface area contributed by atoms with E-state index in [-0.39, 0.29) is 0 Å². The van der Waals surface area contributed by atoms with Gasteiger partial charge in [-0.25, -0.2) is 0 Å². The van der Waals surface area contributed by atoms with Gasteiger partial charge in [0.25, 0.3) is 0 Å². The van der Waals surface area contributed by atoms with Crippen LogP contribution in [0.3, 0.4) is 0 Å². The molecule has 0 amide bonds. The molecule has 0 unspecified atom stereocenters. The van der Waals surface area contributed by atoms with Crippen LogP contribution in [0, 0.1) is 0 Å². The number of nitrogens with zero attached hydrogens (tertiary/aromatic N) is 1. The lowest BCUT2D eigenvalue weighted by Gasteiger charge is -2.17. The summed E-state index contributed by atoms with van der Waals surface area (Å²) in [6.07, 6.45) is 7.64. The van der Waals surface area contributed by atoms with Gasteiger partial charge in [-0.3, -0.25) is 4.90 Å². The van der Waals surface area contributed by atoms with Gasteiger partial charge in [0.2, 0.25) is 0 Å². The zero-order valence-electron chi connectivity index (χ0n) is 11.3. The predicted octanol–water partition coefficient (Wildman–Crippen LogP) is 2.93. The summed E-state index contributed by atoms with van der Waals surface area (Å²) in [6.45, 7) is 9.82. The van der Waals surface area contributed by atoms with E-state index in [1.54, 1.807) is 0 Å². The molecule has 0 aromatic carbocycles. The highest BCUT2D eigenvalue weighted by atomic mass is 16.3. The van der Waals surface area contributed by atoms with Crippen molar-refractivity contribution in [1.82, 2.24) is 10.2 Å². The first-order chi connectivity index (χ1) is 8.81. The molecule has 1 fully saturated rings. The fraction of sp³-hybridized carbons (Fsp3) is 0.600. The van der Waals surface area contributed by atoms with Crippen molar-refractivity contribution in [3.8, 4) is 0 Å². The van der Waals surface area contributed by atoms with E-state index in [0.717, 1.165) is 44.4 Å². The SMILES string of the molecule is C=CCN(CCC)Cc1cc(CNC2CC2)co1. The van der Waals surface area contributed by atoms with Crippen LogP contribution in [0.1, 0.15) is 37.5 Å². The summed E-state index contributed by atoms with van der Waals surface area (Å²) in [7, 11) is 0. The summed E-state index contributed by atoms with van der Waals surface area (Å²) in [4.78, 5) is 2.35. The van der Waals surface area contributed by atoms with Crippen LogP contribution >= 0.6 is 0 Å². The highest BCUT2D eigenvalue weighted by Crippen LogP contribution is 2.20. The Morgan fingerprint density at radius 1 is 1.56 bits per heavy atom. The second kappa shape index (κ2) is 6.76. The van der Waals surface area contributed by atoms with Gasteiger partial charge in [0, 0.05) is 24.7 Å². The highest BCUT2D eigenvalue weighted by Gasteiger charge is 2.20. The maximum Gasteiger partial charge on any atom is 0.118 e. The standard InChI is InChI=1S/C15H24N2O/c1-3-7-17(8-4-2)11-15-9-13(12-18-15)10-16-14-5-6-14/h3,9,12,14,16H,1,4-8,10-11H2,2H3. The van der Waals surface area contributed by atoms with Gasteiger partial charge in [0.1, 0.15) is 5.76 Å². The molecule has 0 bridgehead atoms. The van der Waals surface area contributed by atoms with Crippen LogP contribution in [0.4, 0.5) is 0 Å². The van der Waals surface area contributed by atoms with Gasteiger partial charge in [0.05, 0.1) is 12.8 Å². The molecule has 2 rings (SSSR count). The zero-order chi connectivity index (χ0) is 12.8. The van der Waals surface area contributed by atoms with Crippen molar-refractivity contribution in [3.63, 3.8) is 0 Å². The Bertz CT molecular complexity index is 368. The van der Waals surface area contributed by atoms with Crippen molar-refractivity contribution in [2.24, 2.45) is 0 Å². The first kappa shape index (κ1) is 13.4. The van der Waals surface area contributed by atoms with Gasteiger partial charge >= 0.3 is 0 Å². The Morgan fingerprint density at radius 3 is 3.06 bits per heavy atom. The topological polar surface area (TPSA) is 28.4 Å². The fourth-order valence-corrected chi connectivity index (χ4v) is 2.11. The minimum Gasteiger partial charge on any atom is -0.468 e. The van der Waals surface area contributed by atoms with E-state index in [1.165, 1.54) is 18.4 Å². The largest absolute Gasteiger partial charge is 0.468 e. The lowest BCUT2D eigenvalue weighted by molar-refractivity contribution is 0.269. The second-order valence-electron chi connectivity index (χ2n) is 5.10. The van der Waals surface area contributed by atoms with Crippen LogP contribution in [0.2, 0.25) is 0 Å². The molecule has 1 aromatic rings. The van der Waals surface area contributed by atoms with Crippen LogP contribution in [-0.4, -0.2) is 24.0 Å². The van der Waals surface area contributed by atoms with E-state index in [1.807, 2.05) is 12.3 Å². The van der Waals surface area contributed by atoms with Gasteiger partial charge in [-0.05, 0) is 31.9 Å². The molecule has 1 N–H and O–H groups in total. The summed E-state index contributed by atoms with van der Waals surface area (Å²) in [5.74, 6) is 1.05. The van der Waals surface area contributed by atoms with Gasteiger partial charge in [0.15, 0.2) is 0 Å². The van der Waals surface area contributed by atoms with Gasteiger partial charge in [-0.2, -0.15) is 0 Å². The van der Waals surface area contributed by atoms with Crippen molar-refractivity contribution in [3.05, 3.63) is 36.3 Å². The molecular formula is C15H24N2O. The van der Waals surface area contributed by atoms with Gasteiger partial charge in [-0.1, -0.05) is 13.0 Å². The third-order valence-electron chi connectivity index (χ3n) is 3.19. The first-order valence-electron chi connectivity index (χ1n) is 6.94. The Balaban J connectivity index is 1.81. The van der Waals surface area contributed by atoms with E-state index < -0.39 is 0 Å². The molecule has 0 spiro atoms. The zero-order valence-corrected chi connectivity index (χ0v) is 11.3. The first-order valence-corrected chi connectivity index (χ1v) is 6.94. The Labute approximate surface area is 110 Å². The van der Waals surface area contributed by atoms with E-state index in [0.29, 0.717) is 0 Å². The van der Waals surface area contributed by atoms with E-state index in [4.69, 9.17) is 4.42 Å². The monoisotopic (exact) mass is 248 g/mol. The number of furan rings is 1. The average Bonchev–Trinajstić information content (AvgIpc) is 3.08. The maximum absolute atomic E-state index is 5.62. The fourth-order valence-electron chi connectivity index (χ4n) is 2.11. The van der Waals surface area contributed by atoms with Crippen LogP contribution in [0.15, 0.2) is 29.4 Å². The number of hydrogen-bond donors (Lipinski definition) is 1. The predicted molar refractivity (Wildman–Crippen MR) is 74.3 cm³/mol. The molecule has 0 atom stereocenters. The molecule has 100 valence electrons. The van der Waals surface area contributed by atoms with Crippen molar-refractivity contribution < 1.29 is 4.42 Å². The summed E-state index contributed by atoms with van der Waals surface area (Å²) in [5, 5.41) is 3.50. The van der Waals surface area contributed by atoms with Crippen molar-refractivity contribution in [2.45, 2.75) is 45.3 Å². The average molecular weight is 248 g/mol. The number of hydrogen-bond acceptors (Lipinski definition) is 3. The molecule has 1 saturated carbocycles. The third kappa shape index (κ3) is 4.31. The highest BCUT2D eigenvalue weighted by molar-refractivity contribution is 5.13. The van der Waals surface area contributed by atoms with E-state index in [9.17, 15) is 0 Å². The van der Waals surface area contributed by atoms with Crippen LogP contribution < -0.4 is 5.32 Å². The summed E-state index contributed by atoms with van der Waals surface area (Å²) >= 11 is 0. The summed E-state index contributed by atoms with van der Waals surface area (Å²) in [5.41, 5.74) is 1.26. The molecule has 0 aliphatic heterocycles. The van der Waals surface area contributed by atoms with Crippen LogP contribution in [0.5, 0.6) is 0 Å². The molecule has 1 heterocycles. The van der Waals surface area contributed by atoms with E-state index >= 15 is 0 Å². The van der Waals surface area contributed by atoms with Crippen molar-refractivity contribution >= 4 is 0 Å². The maximum atomic E-state index is 5.62. The van der Waals surface area contributed by atoms with Crippen molar-refractivity contribution in [1.29, 1.82) is 0 Å². The molecule has 0 saturated heterocycles. The van der Waals surface area contributed by atoms with Gasteiger partial charge in [-0.15, -0.1) is 6.58 Å². The smallest absolute Gasteiger partial charge is 0.118 e. The summed E-state index contributed by atoms with van der Waals surface area (Å²) < 4.78 is 5.62. The Kier molecular flexibility index (Phi) is 5.02. The molecule has 3 nitrogen and oxygen atoms in total. The minimum atomic E-state index is 0.751. The normalized spacial score (nSPS) is 15.2. The molecule has 3 heteroatoms. The van der Waals surface area contributed by atoms with Crippen molar-refractivity contribution in [2.75, 3.05) is 13.1 Å². The van der Waals surface area contributed by atoms with Gasteiger partial charge < -0.3 is 9.73 Å². The lowest BCUT2D eigenvalue weighted by atomic mass is 10.3. The summed E-state index contributed by atoms with van der Waals surface area (Å²) in [6, 6.07) is 2.92. The molecule has 1 aromatic heterocycles. The third-order valence-corrected chi connectivity index (χ3v) is 3.19. The number of nitrogens with one attached hydrogen (secondary N) is 1. The minimum absolute atomic E-state index is 0.751. The molecular weight excluding hydrogens is 224 g/mol. The van der Waals surface area contributed by atoms with Crippen LogP contribution in [-0.2, 0) is 13.1 Å². The Hall–Kier alpha value is -1.06. The quantitative estimate of drug-likeness (QED) is 0.681.